The smallest absolute Gasteiger partial charge is 0.336 e. The van der Waals surface area contributed by atoms with Crippen molar-refractivity contribution < 1.29 is 19.1 Å². The number of rotatable bonds is 3. The molecule has 1 unspecified atom stereocenters. The van der Waals surface area contributed by atoms with E-state index >= 15 is 0 Å². The number of carbonyl (C=O) groups excluding carboxylic acids is 2. The molecule has 0 aliphatic carbocycles. The molecule has 1 amide bonds. The van der Waals surface area contributed by atoms with Crippen molar-refractivity contribution in [3.8, 4) is 0 Å². The van der Waals surface area contributed by atoms with Crippen LogP contribution < -0.4 is 0 Å². The van der Waals surface area contributed by atoms with E-state index in [9.17, 15) is 9.59 Å². The van der Waals surface area contributed by atoms with Gasteiger partial charge in [-0.05, 0) is 19.9 Å². The molecule has 1 fully saturated rings. The molecule has 2 rings (SSSR count). The number of esters is 1. The van der Waals surface area contributed by atoms with Crippen molar-refractivity contribution >= 4 is 23.5 Å². The van der Waals surface area contributed by atoms with Crippen molar-refractivity contribution in [3.05, 3.63) is 23.0 Å². The summed E-state index contributed by atoms with van der Waals surface area (Å²) in [7, 11) is 1.30. The van der Waals surface area contributed by atoms with E-state index in [0.29, 0.717) is 23.9 Å². The Kier molecular flexibility index (Phi) is 4.90. The summed E-state index contributed by atoms with van der Waals surface area (Å²) in [4.78, 5) is 25.8. The van der Waals surface area contributed by atoms with Crippen LogP contribution in [0.25, 0.3) is 0 Å². The fourth-order valence-corrected chi connectivity index (χ4v) is 2.52. The van der Waals surface area contributed by atoms with Crippen LogP contribution in [0, 0.1) is 0 Å². The molecular formula is C14H19ClN2O4. The number of hydrogen-bond donors (Lipinski definition) is 0. The number of halogens is 1. The van der Waals surface area contributed by atoms with Crippen molar-refractivity contribution in [3.63, 3.8) is 0 Å². The molecule has 1 aliphatic heterocycles. The molecule has 1 aromatic rings. The average molecular weight is 315 g/mol. The summed E-state index contributed by atoms with van der Waals surface area (Å²) in [5.41, 5.74) is 0.514. The van der Waals surface area contributed by atoms with Gasteiger partial charge in [0.2, 0.25) is 0 Å². The normalized spacial score (nSPS) is 18.9. The molecule has 7 heteroatoms. The number of hydrogen-bond acceptors (Lipinski definition) is 4. The summed E-state index contributed by atoms with van der Waals surface area (Å²) in [6, 6.07) is 1.76. The van der Waals surface area contributed by atoms with E-state index in [1.54, 1.807) is 17.2 Å². The first-order chi connectivity index (χ1) is 9.93. The van der Waals surface area contributed by atoms with Crippen molar-refractivity contribution in [2.75, 3.05) is 26.8 Å². The van der Waals surface area contributed by atoms with Crippen LogP contribution in [0.1, 0.15) is 30.4 Å². The van der Waals surface area contributed by atoms with Crippen LogP contribution in [-0.4, -0.2) is 54.3 Å². The lowest BCUT2D eigenvalue weighted by molar-refractivity contribution is -0.158. The first-order valence-electron chi connectivity index (χ1n) is 6.80. The van der Waals surface area contributed by atoms with Crippen LogP contribution in [0.4, 0.5) is 0 Å². The van der Waals surface area contributed by atoms with Gasteiger partial charge < -0.3 is 18.9 Å². The highest BCUT2D eigenvalue weighted by Crippen LogP contribution is 2.21. The van der Waals surface area contributed by atoms with Crippen molar-refractivity contribution in [2.45, 2.75) is 26.0 Å². The Morgan fingerprint density at radius 3 is 2.81 bits per heavy atom. The Morgan fingerprint density at radius 2 is 2.19 bits per heavy atom. The molecule has 6 nitrogen and oxygen atoms in total. The third-order valence-corrected chi connectivity index (χ3v) is 3.62. The zero-order valence-electron chi connectivity index (χ0n) is 12.3. The Hall–Kier alpha value is -1.53. The third kappa shape index (κ3) is 3.39. The Labute approximate surface area is 128 Å². The molecule has 1 aliphatic rings. The number of methoxy groups -OCH3 is 1. The van der Waals surface area contributed by atoms with Crippen molar-refractivity contribution in [1.29, 1.82) is 0 Å². The van der Waals surface area contributed by atoms with E-state index < -0.39 is 12.1 Å². The predicted octanol–water partition coefficient (Wildman–Crippen LogP) is 1.74. The van der Waals surface area contributed by atoms with Crippen molar-refractivity contribution in [2.24, 2.45) is 0 Å². The molecule has 0 radical (unpaired) electrons. The standard InChI is InChI=1S/C14H19ClN2O4/c1-9(2)17-7-10(15)6-11(17)13(18)16-4-5-21-12(8-16)14(19)20-3/h6-7,9,12H,4-5,8H2,1-3H3. The monoisotopic (exact) mass is 314 g/mol. The largest absolute Gasteiger partial charge is 0.467 e. The third-order valence-electron chi connectivity index (χ3n) is 3.41. The van der Waals surface area contributed by atoms with Gasteiger partial charge in [-0.3, -0.25) is 4.79 Å². The highest BCUT2D eigenvalue weighted by Gasteiger charge is 2.31. The molecule has 0 N–H and O–H groups in total. The van der Waals surface area contributed by atoms with Crippen LogP contribution in [0.5, 0.6) is 0 Å². The molecule has 21 heavy (non-hydrogen) atoms. The minimum absolute atomic E-state index is 0.119. The summed E-state index contributed by atoms with van der Waals surface area (Å²) in [6.07, 6.45) is 1.00. The molecular weight excluding hydrogens is 296 g/mol. The lowest BCUT2D eigenvalue weighted by Crippen LogP contribution is -2.49. The molecule has 1 saturated heterocycles. The van der Waals surface area contributed by atoms with Gasteiger partial charge in [0.05, 0.1) is 25.3 Å². The van der Waals surface area contributed by atoms with Gasteiger partial charge in [0.15, 0.2) is 6.10 Å². The Bertz CT molecular complexity index is 541. The maximum atomic E-state index is 12.6. The highest BCUT2D eigenvalue weighted by molar-refractivity contribution is 6.31. The molecule has 1 aromatic heterocycles. The zero-order chi connectivity index (χ0) is 15.6. The zero-order valence-corrected chi connectivity index (χ0v) is 13.1. The molecule has 2 heterocycles. The minimum Gasteiger partial charge on any atom is -0.467 e. The number of nitrogens with zero attached hydrogens (tertiary/aromatic N) is 2. The minimum atomic E-state index is -0.731. The van der Waals surface area contributed by atoms with E-state index in [1.165, 1.54) is 7.11 Å². The molecule has 0 aromatic carbocycles. The highest BCUT2D eigenvalue weighted by atomic mass is 35.5. The van der Waals surface area contributed by atoms with E-state index in [-0.39, 0.29) is 18.5 Å². The van der Waals surface area contributed by atoms with Crippen LogP contribution in [0.2, 0.25) is 5.02 Å². The summed E-state index contributed by atoms with van der Waals surface area (Å²) in [6.45, 7) is 4.88. The maximum Gasteiger partial charge on any atom is 0.336 e. The maximum absolute atomic E-state index is 12.6. The van der Waals surface area contributed by atoms with Gasteiger partial charge in [-0.25, -0.2) is 4.79 Å². The number of ether oxygens (including phenoxy) is 2. The van der Waals surface area contributed by atoms with E-state index in [1.807, 2.05) is 18.4 Å². The molecule has 0 bridgehead atoms. The first-order valence-corrected chi connectivity index (χ1v) is 7.18. The second-order valence-electron chi connectivity index (χ2n) is 5.18. The molecule has 1 atom stereocenters. The van der Waals surface area contributed by atoms with Crippen LogP contribution in [0.3, 0.4) is 0 Å². The second kappa shape index (κ2) is 6.49. The lowest BCUT2D eigenvalue weighted by Gasteiger charge is -2.31. The van der Waals surface area contributed by atoms with Gasteiger partial charge >= 0.3 is 5.97 Å². The number of aromatic nitrogens is 1. The van der Waals surface area contributed by atoms with Gasteiger partial charge in [-0.2, -0.15) is 0 Å². The summed E-state index contributed by atoms with van der Waals surface area (Å²) in [5.74, 6) is -0.627. The number of morpholine rings is 1. The molecule has 116 valence electrons. The summed E-state index contributed by atoms with van der Waals surface area (Å²) < 4.78 is 11.8. The van der Waals surface area contributed by atoms with E-state index in [0.717, 1.165) is 0 Å². The topological polar surface area (TPSA) is 60.8 Å². The van der Waals surface area contributed by atoms with Gasteiger partial charge in [-0.1, -0.05) is 11.6 Å². The van der Waals surface area contributed by atoms with Gasteiger partial charge in [0.25, 0.3) is 5.91 Å². The number of amides is 1. The fraction of sp³-hybridized carbons (Fsp3) is 0.571. The Balaban J connectivity index is 2.18. The molecule has 0 saturated carbocycles. The van der Waals surface area contributed by atoms with E-state index in [2.05, 4.69) is 4.74 Å². The van der Waals surface area contributed by atoms with Gasteiger partial charge in [0.1, 0.15) is 5.69 Å². The van der Waals surface area contributed by atoms with Crippen LogP contribution in [-0.2, 0) is 14.3 Å². The average Bonchev–Trinajstić information content (AvgIpc) is 2.88. The Morgan fingerprint density at radius 1 is 1.48 bits per heavy atom. The van der Waals surface area contributed by atoms with Gasteiger partial charge in [-0.15, -0.1) is 0 Å². The van der Waals surface area contributed by atoms with Crippen LogP contribution in [0.15, 0.2) is 12.3 Å². The quantitative estimate of drug-likeness (QED) is 0.797. The van der Waals surface area contributed by atoms with Crippen LogP contribution >= 0.6 is 11.6 Å². The van der Waals surface area contributed by atoms with Crippen molar-refractivity contribution in [1.82, 2.24) is 9.47 Å². The summed E-state index contributed by atoms with van der Waals surface area (Å²) >= 11 is 6.00. The van der Waals surface area contributed by atoms with E-state index in [4.69, 9.17) is 16.3 Å². The van der Waals surface area contributed by atoms with Gasteiger partial charge in [0, 0.05) is 18.8 Å². The SMILES string of the molecule is COC(=O)C1CN(C(=O)c2cc(Cl)cn2C(C)C)CCO1. The lowest BCUT2D eigenvalue weighted by atomic mass is 10.2. The first kappa shape index (κ1) is 15.9. The summed E-state index contributed by atoms with van der Waals surface area (Å²) in [5, 5.41) is 0.518. The number of carbonyl (C=O) groups is 2. The predicted molar refractivity (Wildman–Crippen MR) is 77.5 cm³/mol. The fourth-order valence-electron chi connectivity index (χ4n) is 2.31. The second-order valence-corrected chi connectivity index (χ2v) is 5.61. The molecule has 0 spiro atoms.